The highest BCUT2D eigenvalue weighted by Crippen LogP contribution is 2.44. The van der Waals surface area contributed by atoms with Crippen LogP contribution >= 0.6 is 0 Å². The van der Waals surface area contributed by atoms with E-state index in [0.29, 0.717) is 25.2 Å². The lowest BCUT2D eigenvalue weighted by atomic mass is 9.98. The number of amides is 2. The zero-order valence-corrected chi connectivity index (χ0v) is 19.7. The molecule has 1 unspecified atom stereocenters. The number of hydrogen-bond acceptors (Lipinski definition) is 4. The zero-order chi connectivity index (χ0) is 24.3. The van der Waals surface area contributed by atoms with Crippen LogP contribution in [-0.4, -0.2) is 41.3 Å². The predicted molar refractivity (Wildman–Crippen MR) is 128 cm³/mol. The highest BCUT2D eigenvalue weighted by atomic mass is 16.5. The molecular weight excluding hydrogens is 432 g/mol. The highest BCUT2D eigenvalue weighted by molar-refractivity contribution is 5.87. The van der Waals surface area contributed by atoms with Gasteiger partial charge in [0.2, 0.25) is 5.91 Å². The summed E-state index contributed by atoms with van der Waals surface area (Å²) in [4.78, 5) is 36.8. The normalized spacial score (nSPS) is 16.3. The largest absolute Gasteiger partial charge is 0.481 e. The van der Waals surface area contributed by atoms with Crippen molar-refractivity contribution in [1.29, 1.82) is 0 Å². The number of carboxylic acid groups (broad SMARTS) is 1. The van der Waals surface area contributed by atoms with Gasteiger partial charge >= 0.3 is 12.1 Å². The smallest absolute Gasteiger partial charge is 0.407 e. The van der Waals surface area contributed by atoms with Crippen LogP contribution in [0.4, 0.5) is 4.79 Å². The summed E-state index contributed by atoms with van der Waals surface area (Å²) < 4.78 is 5.61. The minimum absolute atomic E-state index is 0.0635. The maximum absolute atomic E-state index is 12.9. The van der Waals surface area contributed by atoms with E-state index in [1.807, 2.05) is 24.3 Å². The van der Waals surface area contributed by atoms with Gasteiger partial charge in [-0.2, -0.15) is 0 Å². The summed E-state index contributed by atoms with van der Waals surface area (Å²) in [6.45, 7) is 4.27. The first-order valence-corrected chi connectivity index (χ1v) is 11.9. The molecular formula is C27H32N2O5. The fourth-order valence-corrected chi connectivity index (χ4v) is 4.69. The van der Waals surface area contributed by atoms with E-state index in [4.69, 9.17) is 9.84 Å². The van der Waals surface area contributed by atoms with E-state index in [0.717, 1.165) is 28.7 Å². The molecule has 34 heavy (non-hydrogen) atoms. The van der Waals surface area contributed by atoms with Gasteiger partial charge in [0.25, 0.3) is 0 Å². The van der Waals surface area contributed by atoms with E-state index in [1.54, 1.807) is 0 Å². The molecule has 1 saturated carbocycles. The Morgan fingerprint density at radius 1 is 1.00 bits per heavy atom. The van der Waals surface area contributed by atoms with Gasteiger partial charge in [-0.15, -0.1) is 0 Å². The summed E-state index contributed by atoms with van der Waals surface area (Å²) in [6.07, 6.45) is 1.71. The Kier molecular flexibility index (Phi) is 6.91. The summed E-state index contributed by atoms with van der Waals surface area (Å²) in [5.74, 6) is -1.01. The molecule has 0 heterocycles. The molecule has 2 aromatic rings. The van der Waals surface area contributed by atoms with Crippen LogP contribution in [0.1, 0.15) is 63.0 Å². The molecule has 3 N–H and O–H groups in total. The number of rotatable bonds is 10. The second-order valence-corrected chi connectivity index (χ2v) is 9.83. The molecule has 0 bridgehead atoms. The second-order valence-electron chi connectivity index (χ2n) is 9.83. The molecule has 1 atom stereocenters. The number of ether oxygens (including phenoxy) is 1. The van der Waals surface area contributed by atoms with E-state index in [2.05, 4.69) is 48.7 Å². The Balaban J connectivity index is 1.40. The van der Waals surface area contributed by atoms with Crippen molar-refractivity contribution in [2.24, 2.45) is 5.92 Å². The molecule has 180 valence electrons. The van der Waals surface area contributed by atoms with E-state index in [9.17, 15) is 14.4 Å². The van der Waals surface area contributed by atoms with Crippen molar-refractivity contribution < 1.29 is 24.2 Å². The molecule has 2 aromatic carbocycles. The maximum Gasteiger partial charge on any atom is 0.407 e. The number of hydrogen-bond donors (Lipinski definition) is 3. The molecule has 2 aliphatic rings. The molecule has 0 radical (unpaired) electrons. The molecule has 4 rings (SSSR count). The van der Waals surface area contributed by atoms with E-state index in [-0.39, 0.29) is 24.9 Å². The lowest BCUT2D eigenvalue weighted by molar-refractivity contribution is -0.138. The third-order valence-electron chi connectivity index (χ3n) is 6.72. The van der Waals surface area contributed by atoms with Crippen molar-refractivity contribution in [2.75, 3.05) is 6.61 Å². The van der Waals surface area contributed by atoms with Crippen molar-refractivity contribution >= 4 is 18.0 Å². The van der Waals surface area contributed by atoms with Crippen molar-refractivity contribution in [3.63, 3.8) is 0 Å². The first-order valence-electron chi connectivity index (χ1n) is 11.9. The van der Waals surface area contributed by atoms with Gasteiger partial charge in [0.15, 0.2) is 0 Å². The zero-order valence-electron chi connectivity index (χ0n) is 19.7. The molecule has 1 fully saturated rings. The Labute approximate surface area is 199 Å². The predicted octanol–water partition coefficient (Wildman–Crippen LogP) is 4.45. The number of fused-ring (bicyclic) bond motifs is 3. The van der Waals surface area contributed by atoms with Gasteiger partial charge in [0, 0.05) is 5.92 Å². The number of carbonyl (C=O) groups excluding carboxylic acids is 2. The molecule has 0 saturated heterocycles. The molecule has 0 spiro atoms. The van der Waals surface area contributed by atoms with Gasteiger partial charge in [0.05, 0.1) is 12.0 Å². The first kappa shape index (κ1) is 23.8. The maximum atomic E-state index is 12.9. The van der Waals surface area contributed by atoms with E-state index >= 15 is 0 Å². The van der Waals surface area contributed by atoms with Crippen LogP contribution in [0.2, 0.25) is 0 Å². The number of carboxylic acids is 1. The van der Waals surface area contributed by atoms with Gasteiger partial charge in [-0.1, -0.05) is 62.4 Å². The Bertz CT molecular complexity index is 1030. The number of alkyl carbamates (subject to hydrolysis) is 1. The molecule has 2 aliphatic carbocycles. The van der Waals surface area contributed by atoms with Crippen LogP contribution in [0.5, 0.6) is 0 Å². The topological polar surface area (TPSA) is 105 Å². The Hall–Kier alpha value is -3.35. The van der Waals surface area contributed by atoms with Gasteiger partial charge in [-0.05, 0) is 53.9 Å². The number of aliphatic carboxylic acids is 1. The summed E-state index contributed by atoms with van der Waals surface area (Å²) in [7, 11) is 0. The van der Waals surface area contributed by atoms with E-state index in [1.165, 1.54) is 0 Å². The average molecular weight is 465 g/mol. The summed E-state index contributed by atoms with van der Waals surface area (Å²) in [6, 6.07) is 15.4. The summed E-state index contributed by atoms with van der Waals surface area (Å²) >= 11 is 0. The van der Waals surface area contributed by atoms with Gasteiger partial charge in [0.1, 0.15) is 12.6 Å². The minimum atomic E-state index is -0.943. The molecule has 2 amide bonds. The van der Waals surface area contributed by atoms with Crippen molar-refractivity contribution in [1.82, 2.24) is 10.6 Å². The average Bonchev–Trinajstić information content (AvgIpc) is 3.46. The van der Waals surface area contributed by atoms with Gasteiger partial charge in [-0.3, -0.25) is 9.59 Å². The number of benzene rings is 2. The monoisotopic (exact) mass is 464 g/mol. The van der Waals surface area contributed by atoms with Crippen molar-refractivity contribution in [3.05, 3.63) is 59.7 Å². The van der Waals surface area contributed by atoms with Crippen LogP contribution in [0.15, 0.2) is 48.5 Å². The number of nitrogens with one attached hydrogen (secondary N) is 2. The van der Waals surface area contributed by atoms with Crippen LogP contribution in [0.3, 0.4) is 0 Å². The minimum Gasteiger partial charge on any atom is -0.481 e. The Morgan fingerprint density at radius 2 is 1.59 bits per heavy atom. The molecule has 0 aliphatic heterocycles. The standard InChI is InChI=1S/C27H32N2O5/c1-17(2)11-12-23(25(32)29-27(13-14-27)15-24(30)31)28-26(33)34-16-22-20-9-5-3-7-18(20)19-8-4-6-10-21(19)22/h3-10,17,22-23H,11-16H2,1-2H3,(H,28,33)(H,29,32)(H,30,31). The van der Waals surface area contributed by atoms with Crippen LogP contribution in [-0.2, 0) is 14.3 Å². The van der Waals surface area contributed by atoms with Crippen LogP contribution < -0.4 is 10.6 Å². The fourth-order valence-electron chi connectivity index (χ4n) is 4.69. The SMILES string of the molecule is CC(C)CCC(NC(=O)OCC1c2ccccc2-c2ccccc21)C(=O)NC1(CC(=O)O)CC1. The van der Waals surface area contributed by atoms with Gasteiger partial charge in [-0.25, -0.2) is 4.79 Å². The van der Waals surface area contributed by atoms with Crippen LogP contribution in [0, 0.1) is 5.92 Å². The molecule has 0 aromatic heterocycles. The molecule has 7 heteroatoms. The fraction of sp³-hybridized carbons (Fsp3) is 0.444. The van der Waals surface area contributed by atoms with Crippen LogP contribution in [0.25, 0.3) is 11.1 Å². The summed E-state index contributed by atoms with van der Waals surface area (Å²) in [5.41, 5.74) is 3.84. The van der Waals surface area contributed by atoms with Gasteiger partial charge < -0.3 is 20.5 Å². The lowest BCUT2D eigenvalue weighted by Crippen LogP contribution is -2.51. The number of carbonyl (C=O) groups is 3. The highest BCUT2D eigenvalue weighted by Gasteiger charge is 2.46. The van der Waals surface area contributed by atoms with Crippen molar-refractivity contribution in [3.8, 4) is 11.1 Å². The first-order chi connectivity index (χ1) is 16.3. The lowest BCUT2D eigenvalue weighted by Gasteiger charge is -2.23. The third-order valence-corrected chi connectivity index (χ3v) is 6.72. The quantitative estimate of drug-likeness (QED) is 0.482. The summed E-state index contributed by atoms with van der Waals surface area (Å²) in [5, 5.41) is 14.7. The Morgan fingerprint density at radius 3 is 2.12 bits per heavy atom. The molecule has 7 nitrogen and oxygen atoms in total. The third kappa shape index (κ3) is 5.41. The second kappa shape index (κ2) is 9.87. The van der Waals surface area contributed by atoms with Crippen molar-refractivity contribution in [2.45, 2.75) is 63.5 Å². The van der Waals surface area contributed by atoms with E-state index < -0.39 is 23.6 Å².